The Morgan fingerprint density at radius 1 is 0.838 bits per heavy atom. The summed E-state index contributed by atoms with van der Waals surface area (Å²) in [5, 5.41) is 17.0. The fourth-order valence-corrected chi connectivity index (χ4v) is 6.50. The molecule has 2 aromatic carbocycles. The first-order valence-corrected chi connectivity index (χ1v) is 13.6. The van der Waals surface area contributed by atoms with Gasteiger partial charge in [0.2, 0.25) is 5.90 Å². The number of benzene rings is 2. The monoisotopic (exact) mass is 488 g/mol. The van der Waals surface area contributed by atoms with E-state index in [1.807, 2.05) is 24.3 Å². The maximum atomic E-state index is 10.8. The average Bonchev–Trinajstić information content (AvgIpc) is 3.45. The van der Waals surface area contributed by atoms with Gasteiger partial charge in [-0.15, -0.1) is 0 Å². The fourth-order valence-electron chi connectivity index (χ4n) is 6.50. The molecule has 1 heterocycles. The van der Waals surface area contributed by atoms with Gasteiger partial charge < -0.3 is 15.2 Å². The van der Waals surface area contributed by atoms with Gasteiger partial charge in [0.1, 0.15) is 12.3 Å². The summed E-state index contributed by atoms with van der Waals surface area (Å²) < 4.78 is 6.46. The van der Waals surface area contributed by atoms with Gasteiger partial charge in [0.25, 0.3) is 0 Å². The molecule has 0 aromatic heterocycles. The van der Waals surface area contributed by atoms with Crippen molar-refractivity contribution in [1.82, 2.24) is 5.32 Å². The van der Waals surface area contributed by atoms with Gasteiger partial charge in [0.15, 0.2) is 0 Å². The summed E-state index contributed by atoms with van der Waals surface area (Å²) in [6.07, 6.45) is 25.1. The van der Waals surface area contributed by atoms with E-state index in [1.54, 1.807) is 0 Å². The Kier molecular flexibility index (Phi) is 5.70. The summed E-state index contributed by atoms with van der Waals surface area (Å²) in [5.74, 6) is 1.01. The van der Waals surface area contributed by atoms with Crippen LogP contribution in [-0.4, -0.2) is 29.4 Å². The van der Waals surface area contributed by atoms with Crippen LogP contribution in [0, 0.1) is 11.8 Å². The van der Waals surface area contributed by atoms with Crippen molar-refractivity contribution in [3.8, 4) is 0 Å². The maximum absolute atomic E-state index is 10.8. The largest absolute Gasteiger partial charge is 0.474 e. The molecule has 4 heteroatoms. The second-order valence-corrected chi connectivity index (χ2v) is 10.7. The first-order valence-electron chi connectivity index (χ1n) is 13.6. The first-order chi connectivity index (χ1) is 18.2. The molecule has 0 radical (unpaired) electrons. The van der Waals surface area contributed by atoms with Gasteiger partial charge in [-0.05, 0) is 59.2 Å². The van der Waals surface area contributed by atoms with E-state index in [1.165, 1.54) is 40.3 Å². The van der Waals surface area contributed by atoms with Gasteiger partial charge in [-0.1, -0.05) is 85.0 Å². The molecule has 0 spiro atoms. The van der Waals surface area contributed by atoms with Crippen molar-refractivity contribution >= 4 is 22.7 Å². The summed E-state index contributed by atoms with van der Waals surface area (Å²) >= 11 is 0. The Morgan fingerprint density at radius 2 is 1.62 bits per heavy atom. The fraction of sp³-hybridized carbons (Fsp3) is 0.303. The van der Waals surface area contributed by atoms with E-state index in [0.717, 1.165) is 18.5 Å². The topological polar surface area (TPSA) is 53.9 Å². The molecular weight excluding hydrogens is 456 g/mol. The molecule has 1 fully saturated rings. The van der Waals surface area contributed by atoms with E-state index in [2.05, 4.69) is 78.2 Å². The van der Waals surface area contributed by atoms with Crippen molar-refractivity contribution in [3.63, 3.8) is 0 Å². The molecule has 5 atom stereocenters. The summed E-state index contributed by atoms with van der Waals surface area (Å²) in [4.78, 5) is 4.97. The molecule has 0 saturated heterocycles. The molecule has 4 aliphatic carbocycles. The molecule has 37 heavy (non-hydrogen) atoms. The SMILES string of the molecule is OC1C=CC=CC1C1N=C(OC2CCCC2)C=C(C2=Cc3c(ccc4ccccc34)C3C=CC=CC23)N1. The van der Waals surface area contributed by atoms with Crippen LogP contribution in [0.3, 0.4) is 0 Å². The lowest BCUT2D eigenvalue weighted by molar-refractivity contribution is 0.149. The summed E-state index contributed by atoms with van der Waals surface area (Å²) in [5.41, 5.74) is 4.94. The average molecular weight is 489 g/mol. The molecule has 1 saturated carbocycles. The Labute approximate surface area is 218 Å². The number of fused-ring (bicyclic) bond motifs is 5. The van der Waals surface area contributed by atoms with Gasteiger partial charge in [-0.2, -0.15) is 0 Å². The molecule has 0 bridgehead atoms. The van der Waals surface area contributed by atoms with Crippen LogP contribution < -0.4 is 5.32 Å². The number of aliphatic imine (C=N–C) groups is 1. The van der Waals surface area contributed by atoms with E-state index in [-0.39, 0.29) is 30.0 Å². The molecule has 4 nitrogen and oxygen atoms in total. The zero-order valence-corrected chi connectivity index (χ0v) is 20.8. The minimum absolute atomic E-state index is 0.161. The number of nitrogens with zero attached hydrogens (tertiary/aromatic N) is 1. The van der Waals surface area contributed by atoms with Gasteiger partial charge in [0.05, 0.1) is 6.10 Å². The molecule has 2 N–H and O–H groups in total. The molecular formula is C33H32N2O2. The van der Waals surface area contributed by atoms with Crippen molar-refractivity contribution in [2.45, 2.75) is 50.0 Å². The minimum atomic E-state index is -0.589. The van der Waals surface area contributed by atoms with Crippen LogP contribution in [0.1, 0.15) is 42.7 Å². The molecule has 186 valence electrons. The molecule has 5 aliphatic rings. The standard InChI is InChI=1S/C33H32N2O2/c36-31-16-8-7-15-27(31)33-34-30(20-32(35-33)37-22-10-2-3-11-22)29-19-28-23-12-4-1-9-21(23)17-18-26(28)24-13-5-6-14-25(24)29/h1,4-9,12-20,22,24-25,27,31,33-34,36H,2-3,10-11H2. The van der Waals surface area contributed by atoms with Gasteiger partial charge in [0, 0.05) is 29.5 Å². The smallest absolute Gasteiger partial charge is 0.213 e. The quantitative estimate of drug-likeness (QED) is 0.530. The lowest BCUT2D eigenvalue weighted by Crippen LogP contribution is -2.43. The second kappa shape index (κ2) is 9.35. The third-order valence-corrected chi connectivity index (χ3v) is 8.41. The molecule has 5 unspecified atom stereocenters. The first kappa shape index (κ1) is 22.6. The molecule has 1 aliphatic heterocycles. The third-order valence-electron chi connectivity index (χ3n) is 8.41. The lowest BCUT2D eigenvalue weighted by Gasteiger charge is -2.37. The Morgan fingerprint density at radius 3 is 2.49 bits per heavy atom. The number of aliphatic hydroxyl groups excluding tert-OH is 1. The summed E-state index contributed by atoms with van der Waals surface area (Å²) in [6.45, 7) is 0. The van der Waals surface area contributed by atoms with E-state index in [0.29, 0.717) is 5.90 Å². The van der Waals surface area contributed by atoms with Crippen LogP contribution in [-0.2, 0) is 4.74 Å². The molecule has 2 aromatic rings. The highest BCUT2D eigenvalue weighted by Crippen LogP contribution is 2.46. The number of rotatable bonds is 3. The second-order valence-electron chi connectivity index (χ2n) is 10.7. The number of hydrogen-bond acceptors (Lipinski definition) is 4. The predicted octanol–water partition coefficient (Wildman–Crippen LogP) is 6.34. The number of nitrogens with one attached hydrogen (secondary N) is 1. The van der Waals surface area contributed by atoms with Crippen molar-refractivity contribution in [1.29, 1.82) is 0 Å². The zero-order valence-electron chi connectivity index (χ0n) is 20.8. The third kappa shape index (κ3) is 4.10. The van der Waals surface area contributed by atoms with Crippen LogP contribution in [0.2, 0.25) is 0 Å². The van der Waals surface area contributed by atoms with E-state index < -0.39 is 6.10 Å². The Bertz CT molecular complexity index is 1430. The Balaban J connectivity index is 1.34. The van der Waals surface area contributed by atoms with Crippen molar-refractivity contribution in [3.05, 3.63) is 113 Å². The number of hydrogen-bond donors (Lipinski definition) is 2. The van der Waals surface area contributed by atoms with Crippen LogP contribution in [0.5, 0.6) is 0 Å². The van der Waals surface area contributed by atoms with E-state index in [4.69, 9.17) is 9.73 Å². The van der Waals surface area contributed by atoms with Crippen molar-refractivity contribution in [2.24, 2.45) is 16.8 Å². The zero-order chi connectivity index (χ0) is 24.8. The number of aliphatic hydroxyl groups is 1. The normalized spacial score (nSPS) is 30.3. The van der Waals surface area contributed by atoms with Crippen LogP contribution in [0.25, 0.3) is 16.8 Å². The number of allylic oxidation sites excluding steroid dienone is 7. The Hall–Kier alpha value is -3.63. The highest BCUT2D eigenvalue weighted by molar-refractivity contribution is 5.95. The van der Waals surface area contributed by atoms with Crippen molar-refractivity contribution < 1.29 is 9.84 Å². The van der Waals surface area contributed by atoms with Crippen LogP contribution in [0.15, 0.2) is 107 Å². The van der Waals surface area contributed by atoms with E-state index in [9.17, 15) is 5.11 Å². The maximum Gasteiger partial charge on any atom is 0.213 e. The summed E-state index contributed by atoms with van der Waals surface area (Å²) in [7, 11) is 0. The lowest BCUT2D eigenvalue weighted by atomic mass is 9.71. The predicted molar refractivity (Wildman–Crippen MR) is 150 cm³/mol. The van der Waals surface area contributed by atoms with Gasteiger partial charge in [-0.3, -0.25) is 0 Å². The van der Waals surface area contributed by atoms with Crippen LogP contribution in [0.4, 0.5) is 0 Å². The number of ether oxygens (including phenoxy) is 1. The minimum Gasteiger partial charge on any atom is -0.474 e. The van der Waals surface area contributed by atoms with Gasteiger partial charge in [-0.25, -0.2) is 4.99 Å². The highest BCUT2D eigenvalue weighted by atomic mass is 16.5. The van der Waals surface area contributed by atoms with Gasteiger partial charge >= 0.3 is 0 Å². The molecule has 0 amide bonds. The summed E-state index contributed by atoms with van der Waals surface area (Å²) in [6, 6.07) is 13.2. The molecule has 7 rings (SSSR count). The van der Waals surface area contributed by atoms with E-state index >= 15 is 0 Å². The van der Waals surface area contributed by atoms with Crippen LogP contribution >= 0.6 is 0 Å². The highest BCUT2D eigenvalue weighted by Gasteiger charge is 2.36. The van der Waals surface area contributed by atoms with Crippen molar-refractivity contribution in [2.75, 3.05) is 0 Å².